The number of aromatic nitrogens is 2. The Morgan fingerprint density at radius 2 is 2.11 bits per heavy atom. The fourth-order valence-electron chi connectivity index (χ4n) is 1.53. The van der Waals surface area contributed by atoms with Crippen molar-refractivity contribution in [2.45, 2.75) is 6.92 Å². The predicted octanol–water partition coefficient (Wildman–Crippen LogP) is 3.03. The van der Waals surface area contributed by atoms with Crippen LogP contribution in [0.4, 0.5) is 11.5 Å². The monoisotopic (exact) mass is 244 g/mol. The van der Waals surface area contributed by atoms with Gasteiger partial charge in [0.15, 0.2) is 0 Å². The summed E-state index contributed by atoms with van der Waals surface area (Å²) in [6, 6.07) is 7.57. The smallest absolute Gasteiger partial charge is 0.258 e. The maximum atomic E-state index is 10.5. The van der Waals surface area contributed by atoms with Crippen LogP contribution >= 0.6 is 0 Å². The van der Waals surface area contributed by atoms with Crippen LogP contribution in [0.5, 0.6) is 0 Å². The molecule has 0 N–H and O–H groups in total. The zero-order valence-corrected chi connectivity index (χ0v) is 9.39. The van der Waals surface area contributed by atoms with Crippen molar-refractivity contribution in [1.82, 2.24) is 9.78 Å². The summed E-state index contributed by atoms with van der Waals surface area (Å²) in [4.78, 5) is 12.7. The van der Waals surface area contributed by atoms with E-state index in [2.05, 4.69) is 15.1 Å². The van der Waals surface area contributed by atoms with Crippen LogP contribution in [-0.4, -0.2) is 14.7 Å². The SMILES string of the molecule is Cc1cc(N=[N+]=[N-])nn1-c1ccc([N+](=O)[O-])cc1. The number of hydrogen-bond donors (Lipinski definition) is 0. The van der Waals surface area contributed by atoms with Gasteiger partial charge in [-0.05, 0) is 35.8 Å². The lowest BCUT2D eigenvalue weighted by molar-refractivity contribution is -0.384. The number of benzene rings is 1. The van der Waals surface area contributed by atoms with E-state index in [0.29, 0.717) is 5.69 Å². The van der Waals surface area contributed by atoms with Crippen molar-refractivity contribution in [2.24, 2.45) is 5.11 Å². The minimum Gasteiger partial charge on any atom is -0.258 e. The summed E-state index contributed by atoms with van der Waals surface area (Å²) < 4.78 is 1.55. The summed E-state index contributed by atoms with van der Waals surface area (Å²) in [5.74, 6) is 0.258. The van der Waals surface area contributed by atoms with Crippen molar-refractivity contribution in [3.63, 3.8) is 0 Å². The number of nitro groups is 1. The van der Waals surface area contributed by atoms with Gasteiger partial charge in [0.1, 0.15) is 5.82 Å². The van der Waals surface area contributed by atoms with E-state index in [0.717, 1.165) is 5.69 Å². The van der Waals surface area contributed by atoms with Crippen LogP contribution < -0.4 is 0 Å². The molecule has 2 rings (SSSR count). The zero-order chi connectivity index (χ0) is 13.1. The molecule has 0 amide bonds. The highest BCUT2D eigenvalue weighted by Gasteiger charge is 2.08. The largest absolute Gasteiger partial charge is 0.269 e. The molecule has 0 fully saturated rings. The molecule has 90 valence electrons. The summed E-state index contributed by atoms with van der Waals surface area (Å²) in [7, 11) is 0. The first-order valence-electron chi connectivity index (χ1n) is 4.98. The highest BCUT2D eigenvalue weighted by Crippen LogP contribution is 2.19. The molecule has 0 bridgehead atoms. The highest BCUT2D eigenvalue weighted by molar-refractivity contribution is 5.43. The number of hydrogen-bond acceptors (Lipinski definition) is 4. The fourth-order valence-corrected chi connectivity index (χ4v) is 1.53. The van der Waals surface area contributed by atoms with Crippen molar-refractivity contribution in [3.05, 3.63) is 56.6 Å². The standard InChI is InChI=1S/C10H8N6O2/c1-7-6-10(12-14-11)13-15(7)8-2-4-9(5-3-8)16(17)18/h2-6H,1H3. The molecule has 0 aliphatic heterocycles. The van der Waals surface area contributed by atoms with Crippen LogP contribution in [0.1, 0.15) is 5.69 Å². The average molecular weight is 244 g/mol. The first kappa shape index (κ1) is 11.6. The Morgan fingerprint density at radius 3 is 2.67 bits per heavy atom. The molecule has 18 heavy (non-hydrogen) atoms. The molecule has 0 saturated heterocycles. The van der Waals surface area contributed by atoms with Crippen LogP contribution in [0, 0.1) is 17.0 Å². The Labute approximate surface area is 101 Å². The molecule has 0 radical (unpaired) electrons. The lowest BCUT2D eigenvalue weighted by atomic mass is 10.3. The number of aryl methyl sites for hydroxylation is 1. The number of nitro benzene ring substituents is 1. The van der Waals surface area contributed by atoms with Crippen molar-refractivity contribution in [3.8, 4) is 5.69 Å². The van der Waals surface area contributed by atoms with Gasteiger partial charge in [-0.25, -0.2) is 4.68 Å². The molecule has 8 nitrogen and oxygen atoms in total. The molecule has 0 aliphatic rings. The quantitative estimate of drug-likeness (QED) is 0.272. The van der Waals surface area contributed by atoms with Crippen molar-refractivity contribution in [2.75, 3.05) is 0 Å². The molecule has 8 heteroatoms. The molecule has 1 aromatic heterocycles. The van der Waals surface area contributed by atoms with Crippen LogP contribution in [-0.2, 0) is 0 Å². The molecule has 1 aromatic carbocycles. The van der Waals surface area contributed by atoms with Gasteiger partial charge in [0, 0.05) is 22.7 Å². The minimum absolute atomic E-state index is 0.0128. The van der Waals surface area contributed by atoms with E-state index in [1.54, 1.807) is 29.8 Å². The summed E-state index contributed by atoms with van der Waals surface area (Å²) in [5, 5.41) is 18.0. The number of rotatable bonds is 3. The van der Waals surface area contributed by atoms with E-state index in [-0.39, 0.29) is 11.5 Å². The van der Waals surface area contributed by atoms with Gasteiger partial charge in [-0.1, -0.05) is 0 Å². The topological polar surface area (TPSA) is 110 Å². The van der Waals surface area contributed by atoms with E-state index in [4.69, 9.17) is 5.53 Å². The van der Waals surface area contributed by atoms with Crippen LogP contribution in [0.2, 0.25) is 0 Å². The Bertz CT molecular complexity index is 639. The van der Waals surface area contributed by atoms with Gasteiger partial charge in [-0.15, -0.1) is 0 Å². The predicted molar refractivity (Wildman–Crippen MR) is 63.8 cm³/mol. The van der Waals surface area contributed by atoms with Crippen molar-refractivity contribution >= 4 is 11.5 Å². The molecular weight excluding hydrogens is 236 g/mol. The number of azide groups is 1. The lowest BCUT2D eigenvalue weighted by Gasteiger charge is -2.03. The van der Waals surface area contributed by atoms with Crippen LogP contribution in [0.25, 0.3) is 16.1 Å². The Morgan fingerprint density at radius 1 is 1.44 bits per heavy atom. The number of nitrogens with zero attached hydrogens (tertiary/aromatic N) is 6. The van der Waals surface area contributed by atoms with Crippen LogP contribution in [0.15, 0.2) is 35.4 Å². The van der Waals surface area contributed by atoms with Gasteiger partial charge in [0.2, 0.25) is 0 Å². The second kappa shape index (κ2) is 4.56. The lowest BCUT2D eigenvalue weighted by Crippen LogP contribution is -1.98. The van der Waals surface area contributed by atoms with Gasteiger partial charge in [-0.3, -0.25) is 10.1 Å². The molecule has 0 aliphatic carbocycles. The normalized spacial score (nSPS) is 9.83. The molecule has 2 aromatic rings. The van der Waals surface area contributed by atoms with E-state index in [9.17, 15) is 10.1 Å². The molecular formula is C10H8N6O2. The summed E-state index contributed by atoms with van der Waals surface area (Å²) in [5.41, 5.74) is 9.77. The fraction of sp³-hybridized carbons (Fsp3) is 0.100. The van der Waals surface area contributed by atoms with E-state index < -0.39 is 4.92 Å². The Balaban J connectivity index is 2.42. The van der Waals surface area contributed by atoms with Crippen molar-refractivity contribution in [1.29, 1.82) is 0 Å². The maximum Gasteiger partial charge on any atom is 0.269 e. The molecule has 0 atom stereocenters. The third-order valence-electron chi connectivity index (χ3n) is 2.33. The highest BCUT2D eigenvalue weighted by atomic mass is 16.6. The third-order valence-corrected chi connectivity index (χ3v) is 2.33. The van der Waals surface area contributed by atoms with E-state index in [1.165, 1.54) is 12.1 Å². The molecule has 1 heterocycles. The van der Waals surface area contributed by atoms with Gasteiger partial charge >= 0.3 is 0 Å². The van der Waals surface area contributed by atoms with Crippen molar-refractivity contribution < 1.29 is 4.92 Å². The average Bonchev–Trinajstić information content (AvgIpc) is 2.71. The molecule has 0 saturated carbocycles. The number of non-ortho nitro benzene ring substituents is 1. The summed E-state index contributed by atoms with van der Waals surface area (Å²) in [6.07, 6.45) is 0. The maximum absolute atomic E-state index is 10.5. The first-order chi connectivity index (χ1) is 8.61. The molecule has 0 unspecified atom stereocenters. The minimum atomic E-state index is -0.467. The van der Waals surface area contributed by atoms with Gasteiger partial charge in [0.05, 0.1) is 10.6 Å². The molecule has 0 spiro atoms. The summed E-state index contributed by atoms with van der Waals surface area (Å²) >= 11 is 0. The summed E-state index contributed by atoms with van der Waals surface area (Å²) in [6.45, 7) is 1.80. The van der Waals surface area contributed by atoms with Gasteiger partial charge in [0.25, 0.3) is 5.69 Å². The Kier molecular flexibility index (Phi) is 2.94. The van der Waals surface area contributed by atoms with Crippen LogP contribution in [0.3, 0.4) is 0 Å². The van der Waals surface area contributed by atoms with Gasteiger partial charge < -0.3 is 0 Å². The first-order valence-corrected chi connectivity index (χ1v) is 4.98. The second-order valence-electron chi connectivity index (χ2n) is 3.52. The van der Waals surface area contributed by atoms with E-state index >= 15 is 0 Å². The zero-order valence-electron chi connectivity index (χ0n) is 9.39. The van der Waals surface area contributed by atoms with E-state index in [1.807, 2.05) is 0 Å². The Hall–Kier alpha value is -2.86. The third kappa shape index (κ3) is 2.13. The second-order valence-corrected chi connectivity index (χ2v) is 3.52. The van der Waals surface area contributed by atoms with Gasteiger partial charge in [-0.2, -0.15) is 5.10 Å².